The number of carbonyl (C=O) groups is 1. The van der Waals surface area contributed by atoms with Gasteiger partial charge in [0.1, 0.15) is 12.4 Å². The van der Waals surface area contributed by atoms with Crippen molar-refractivity contribution in [2.24, 2.45) is 0 Å². The lowest BCUT2D eigenvalue weighted by molar-refractivity contribution is -0.125. The molecule has 0 saturated carbocycles. The molecule has 0 bridgehead atoms. The normalized spacial score (nSPS) is 11.3. The van der Waals surface area contributed by atoms with Gasteiger partial charge in [-0.05, 0) is 32.9 Å². The maximum atomic E-state index is 11.5. The van der Waals surface area contributed by atoms with Gasteiger partial charge in [-0.25, -0.2) is 0 Å². The predicted molar refractivity (Wildman–Crippen MR) is 67.5 cm³/mol. The van der Waals surface area contributed by atoms with Crippen LogP contribution in [0.5, 0.6) is 5.75 Å². The second-order valence-electron chi connectivity index (χ2n) is 4.61. The molecule has 1 aromatic carbocycles. The van der Waals surface area contributed by atoms with Gasteiger partial charge in [0.15, 0.2) is 0 Å². The van der Waals surface area contributed by atoms with E-state index in [9.17, 15) is 4.79 Å². The smallest absolute Gasteiger partial charge is 0.250 e. The van der Waals surface area contributed by atoms with Crippen LogP contribution in [-0.2, 0) is 9.53 Å². The van der Waals surface area contributed by atoms with Crippen LogP contribution in [0, 0.1) is 0 Å². The van der Waals surface area contributed by atoms with E-state index in [1.54, 1.807) is 0 Å². The van der Waals surface area contributed by atoms with Crippen molar-refractivity contribution in [3.8, 4) is 5.75 Å². The fraction of sp³-hybridized carbons (Fsp3) is 0.417. The third-order valence-electron chi connectivity index (χ3n) is 1.86. The summed E-state index contributed by atoms with van der Waals surface area (Å²) in [5.41, 5.74) is 0.0859. The van der Waals surface area contributed by atoms with Crippen LogP contribution in [0.3, 0.4) is 0 Å². The standard InChI is InChI=1S/C12H16ClNO3/c1-12(2,3)17-7-11(16)14-10-5-4-8(15)6-9(10)13/h4-6,15H,7H2,1-3H3,(H,14,16). The summed E-state index contributed by atoms with van der Waals surface area (Å²) >= 11 is 5.85. The van der Waals surface area contributed by atoms with Crippen molar-refractivity contribution in [3.05, 3.63) is 23.2 Å². The SMILES string of the molecule is CC(C)(C)OCC(=O)Nc1ccc(O)cc1Cl. The topological polar surface area (TPSA) is 58.6 Å². The van der Waals surface area contributed by atoms with Crippen molar-refractivity contribution in [1.29, 1.82) is 0 Å². The molecular weight excluding hydrogens is 242 g/mol. The zero-order chi connectivity index (χ0) is 13.1. The monoisotopic (exact) mass is 257 g/mol. The summed E-state index contributed by atoms with van der Waals surface area (Å²) in [6.45, 7) is 5.57. The van der Waals surface area contributed by atoms with Crippen molar-refractivity contribution in [3.63, 3.8) is 0 Å². The molecule has 2 N–H and O–H groups in total. The van der Waals surface area contributed by atoms with Crippen LogP contribution in [0.15, 0.2) is 18.2 Å². The van der Waals surface area contributed by atoms with E-state index in [-0.39, 0.29) is 28.9 Å². The van der Waals surface area contributed by atoms with Crippen molar-refractivity contribution >= 4 is 23.2 Å². The van der Waals surface area contributed by atoms with Crippen LogP contribution in [0.4, 0.5) is 5.69 Å². The molecule has 4 nitrogen and oxygen atoms in total. The Morgan fingerprint density at radius 3 is 2.65 bits per heavy atom. The predicted octanol–water partition coefficient (Wildman–Crippen LogP) is 2.80. The Balaban J connectivity index is 2.57. The van der Waals surface area contributed by atoms with Crippen LogP contribution in [0.25, 0.3) is 0 Å². The Hall–Kier alpha value is -1.26. The van der Waals surface area contributed by atoms with E-state index in [2.05, 4.69) is 5.32 Å². The van der Waals surface area contributed by atoms with Gasteiger partial charge in [-0.15, -0.1) is 0 Å². The number of hydrogen-bond acceptors (Lipinski definition) is 3. The fourth-order valence-corrected chi connectivity index (χ4v) is 1.30. The van der Waals surface area contributed by atoms with Gasteiger partial charge in [0.05, 0.1) is 16.3 Å². The van der Waals surface area contributed by atoms with Crippen LogP contribution in [0.2, 0.25) is 5.02 Å². The number of ether oxygens (including phenoxy) is 1. The average molecular weight is 258 g/mol. The Morgan fingerprint density at radius 1 is 1.47 bits per heavy atom. The Labute approximate surface area is 106 Å². The minimum atomic E-state index is -0.365. The van der Waals surface area contributed by atoms with Gasteiger partial charge in [0.25, 0.3) is 0 Å². The molecule has 5 heteroatoms. The highest BCUT2D eigenvalue weighted by Crippen LogP contribution is 2.25. The first-order chi connectivity index (χ1) is 7.78. The summed E-state index contributed by atoms with van der Waals surface area (Å²) in [5.74, 6) is -0.230. The summed E-state index contributed by atoms with van der Waals surface area (Å²) in [5, 5.41) is 12.0. The molecule has 0 unspecified atom stereocenters. The van der Waals surface area contributed by atoms with Gasteiger partial charge in [-0.3, -0.25) is 4.79 Å². The molecule has 94 valence electrons. The van der Waals surface area contributed by atoms with Crippen molar-refractivity contribution < 1.29 is 14.6 Å². The lowest BCUT2D eigenvalue weighted by Crippen LogP contribution is -2.27. The maximum Gasteiger partial charge on any atom is 0.250 e. The van der Waals surface area contributed by atoms with Crippen molar-refractivity contribution in [2.45, 2.75) is 26.4 Å². The molecule has 0 aromatic heterocycles. The Kier molecular flexibility index (Phi) is 4.37. The van der Waals surface area contributed by atoms with E-state index < -0.39 is 0 Å². The highest BCUT2D eigenvalue weighted by Gasteiger charge is 2.13. The van der Waals surface area contributed by atoms with Gasteiger partial charge < -0.3 is 15.2 Å². The first kappa shape index (κ1) is 13.8. The summed E-state index contributed by atoms with van der Waals surface area (Å²) < 4.78 is 5.32. The lowest BCUT2D eigenvalue weighted by atomic mass is 10.2. The van der Waals surface area contributed by atoms with Gasteiger partial charge >= 0.3 is 0 Å². The van der Waals surface area contributed by atoms with Gasteiger partial charge in [-0.1, -0.05) is 11.6 Å². The molecule has 0 heterocycles. The summed E-state index contributed by atoms with van der Waals surface area (Å²) in [6, 6.07) is 4.35. The number of hydrogen-bond donors (Lipinski definition) is 2. The number of benzene rings is 1. The maximum absolute atomic E-state index is 11.5. The van der Waals surface area contributed by atoms with E-state index in [0.29, 0.717) is 5.69 Å². The molecular formula is C12H16ClNO3. The highest BCUT2D eigenvalue weighted by molar-refractivity contribution is 6.33. The number of anilines is 1. The van der Waals surface area contributed by atoms with Crippen LogP contribution in [-0.4, -0.2) is 23.2 Å². The third-order valence-corrected chi connectivity index (χ3v) is 2.18. The van der Waals surface area contributed by atoms with E-state index >= 15 is 0 Å². The Morgan fingerprint density at radius 2 is 2.12 bits per heavy atom. The first-order valence-electron chi connectivity index (χ1n) is 5.20. The number of phenolic OH excluding ortho intramolecular Hbond substituents is 1. The lowest BCUT2D eigenvalue weighted by Gasteiger charge is -2.19. The summed E-state index contributed by atoms with van der Waals surface area (Å²) in [6.07, 6.45) is 0. The molecule has 0 aliphatic carbocycles. The molecule has 0 radical (unpaired) electrons. The van der Waals surface area contributed by atoms with Crippen molar-refractivity contribution in [2.75, 3.05) is 11.9 Å². The van der Waals surface area contributed by atoms with Crippen LogP contribution < -0.4 is 5.32 Å². The average Bonchev–Trinajstić information content (AvgIpc) is 2.18. The first-order valence-corrected chi connectivity index (χ1v) is 5.58. The van der Waals surface area contributed by atoms with Gasteiger partial charge in [-0.2, -0.15) is 0 Å². The number of nitrogens with one attached hydrogen (secondary N) is 1. The van der Waals surface area contributed by atoms with Gasteiger partial charge in [0.2, 0.25) is 5.91 Å². The quantitative estimate of drug-likeness (QED) is 0.819. The van der Waals surface area contributed by atoms with Gasteiger partial charge in [0, 0.05) is 6.07 Å². The number of phenols is 1. The molecule has 17 heavy (non-hydrogen) atoms. The molecule has 0 fully saturated rings. The molecule has 0 saturated heterocycles. The number of carbonyl (C=O) groups excluding carboxylic acids is 1. The van der Waals surface area contributed by atoms with Crippen LogP contribution in [0.1, 0.15) is 20.8 Å². The zero-order valence-electron chi connectivity index (χ0n) is 10.1. The summed E-state index contributed by atoms with van der Waals surface area (Å²) in [4.78, 5) is 11.5. The molecule has 0 aliphatic heterocycles. The third kappa shape index (κ3) is 5.06. The molecule has 1 rings (SSSR count). The van der Waals surface area contributed by atoms with Crippen LogP contribution >= 0.6 is 11.6 Å². The van der Waals surface area contributed by atoms with E-state index in [4.69, 9.17) is 21.4 Å². The van der Waals surface area contributed by atoms with Crippen molar-refractivity contribution in [1.82, 2.24) is 0 Å². The van der Waals surface area contributed by atoms with E-state index in [1.165, 1.54) is 18.2 Å². The fourth-order valence-electron chi connectivity index (χ4n) is 1.07. The highest BCUT2D eigenvalue weighted by atomic mass is 35.5. The minimum Gasteiger partial charge on any atom is -0.508 e. The second kappa shape index (κ2) is 5.38. The van der Waals surface area contributed by atoms with E-state index in [0.717, 1.165) is 0 Å². The number of rotatable bonds is 3. The largest absolute Gasteiger partial charge is 0.508 e. The van der Waals surface area contributed by atoms with E-state index in [1.807, 2.05) is 20.8 Å². The zero-order valence-corrected chi connectivity index (χ0v) is 10.8. The Bertz CT molecular complexity index is 413. The molecule has 0 aliphatic rings. The molecule has 0 spiro atoms. The second-order valence-corrected chi connectivity index (χ2v) is 5.02. The molecule has 1 amide bonds. The molecule has 1 aromatic rings. The number of aromatic hydroxyl groups is 1. The summed E-state index contributed by atoms with van der Waals surface area (Å²) in [7, 11) is 0. The molecule has 0 atom stereocenters. The number of halogens is 1. The minimum absolute atomic E-state index is 0.0410. The number of amides is 1.